The number of esters is 1. The second-order valence-electron chi connectivity index (χ2n) is 5.58. The minimum atomic E-state index is -2.14. The molecule has 1 saturated heterocycles. The van der Waals surface area contributed by atoms with Gasteiger partial charge in [-0.05, 0) is 27.7 Å². The third-order valence-electron chi connectivity index (χ3n) is 4.12. The zero-order chi connectivity index (χ0) is 17.2. The normalized spacial score (nSPS) is 36.5. The maximum atomic E-state index is 11.8. The van der Waals surface area contributed by atoms with E-state index in [-0.39, 0.29) is 13.2 Å². The Kier molecular flexibility index (Phi) is 5.94. The highest BCUT2D eigenvalue weighted by atomic mass is 16.8. The van der Waals surface area contributed by atoms with Crippen LogP contribution in [0.1, 0.15) is 27.7 Å². The highest BCUT2D eigenvalue weighted by molar-refractivity contribution is 5.79. The number of carbonyl (C=O) groups is 1. The number of hydrogen-bond donors (Lipinski definition) is 2. The smallest absolute Gasteiger partial charge is 0.340 e. The minimum Gasteiger partial charge on any atom is -0.464 e. The van der Waals surface area contributed by atoms with Crippen LogP contribution in [0.15, 0.2) is 0 Å². The van der Waals surface area contributed by atoms with E-state index in [0.29, 0.717) is 0 Å². The highest BCUT2D eigenvalue weighted by Gasteiger charge is 2.57. The second-order valence-corrected chi connectivity index (χ2v) is 5.58. The van der Waals surface area contributed by atoms with E-state index in [1.807, 2.05) is 0 Å². The molecule has 0 saturated carbocycles. The van der Waals surface area contributed by atoms with E-state index in [9.17, 15) is 15.0 Å². The molecule has 0 amide bonds. The van der Waals surface area contributed by atoms with Gasteiger partial charge < -0.3 is 33.9 Å². The van der Waals surface area contributed by atoms with Gasteiger partial charge in [0.1, 0.15) is 12.2 Å². The number of rotatable bonds is 6. The fourth-order valence-electron chi connectivity index (χ4n) is 2.20. The number of aliphatic hydroxyl groups excluding tert-OH is 1. The summed E-state index contributed by atoms with van der Waals surface area (Å²) in [6.45, 7) is 5.96. The van der Waals surface area contributed by atoms with Gasteiger partial charge in [-0.2, -0.15) is 0 Å². The monoisotopic (exact) mass is 322 g/mol. The molecular weight excluding hydrogens is 296 g/mol. The molecule has 0 aromatic heterocycles. The third kappa shape index (κ3) is 3.27. The summed E-state index contributed by atoms with van der Waals surface area (Å²) in [6, 6.07) is 0. The van der Waals surface area contributed by atoms with Crippen LogP contribution in [0.5, 0.6) is 0 Å². The average Bonchev–Trinajstić information content (AvgIpc) is 2.49. The highest BCUT2D eigenvalue weighted by Crippen LogP contribution is 2.38. The van der Waals surface area contributed by atoms with Crippen LogP contribution in [0, 0.1) is 0 Å². The second kappa shape index (κ2) is 6.77. The van der Waals surface area contributed by atoms with Crippen LogP contribution < -0.4 is 0 Å². The Hall–Kier alpha value is -0.770. The van der Waals surface area contributed by atoms with Gasteiger partial charge in [-0.3, -0.25) is 0 Å². The molecule has 0 aromatic rings. The summed E-state index contributed by atoms with van der Waals surface area (Å²) in [5.41, 5.74) is -2.14. The minimum absolute atomic E-state index is 0.0846. The molecule has 1 aliphatic heterocycles. The number of methoxy groups -OCH3 is 2. The molecule has 5 atom stereocenters. The Morgan fingerprint density at radius 2 is 1.91 bits per heavy atom. The molecule has 22 heavy (non-hydrogen) atoms. The van der Waals surface area contributed by atoms with E-state index in [4.69, 9.17) is 23.7 Å². The molecule has 0 spiro atoms. The maximum absolute atomic E-state index is 11.8. The number of aliphatic hydroxyl groups is 2. The Morgan fingerprint density at radius 1 is 1.36 bits per heavy atom. The summed E-state index contributed by atoms with van der Waals surface area (Å²) in [6.07, 6.45) is -2.57. The zero-order valence-electron chi connectivity index (χ0n) is 13.9. The van der Waals surface area contributed by atoms with E-state index >= 15 is 0 Å². The van der Waals surface area contributed by atoms with Gasteiger partial charge in [0.15, 0.2) is 5.60 Å². The standard InChI is InChI=1S/C14H26O8/c1-7-20-11(16)12(2,17)10(15)9-8-21-13(3,18-5)14(4,19-6)22-9/h9-10,15,17H,7-8H2,1-6H3/t9-,10?,12?,13?,14?/m1/s1. The van der Waals surface area contributed by atoms with E-state index < -0.39 is 35.4 Å². The van der Waals surface area contributed by atoms with Gasteiger partial charge in [-0.1, -0.05) is 0 Å². The molecule has 0 bridgehead atoms. The van der Waals surface area contributed by atoms with Crippen molar-refractivity contribution in [2.24, 2.45) is 0 Å². The molecule has 0 radical (unpaired) electrons. The topological polar surface area (TPSA) is 104 Å². The Bertz CT molecular complexity index is 398. The van der Waals surface area contributed by atoms with Crippen molar-refractivity contribution in [3.05, 3.63) is 0 Å². The van der Waals surface area contributed by atoms with Crippen LogP contribution in [0.3, 0.4) is 0 Å². The number of carbonyl (C=O) groups excluding carboxylic acids is 1. The van der Waals surface area contributed by atoms with Crippen LogP contribution in [-0.4, -0.2) is 73.0 Å². The molecule has 1 fully saturated rings. The number of ether oxygens (including phenoxy) is 5. The molecule has 130 valence electrons. The van der Waals surface area contributed by atoms with Gasteiger partial charge in [0.25, 0.3) is 0 Å². The lowest BCUT2D eigenvalue weighted by molar-refractivity contribution is -0.439. The molecule has 0 aliphatic carbocycles. The van der Waals surface area contributed by atoms with Crippen molar-refractivity contribution in [2.45, 2.75) is 57.1 Å². The lowest BCUT2D eigenvalue weighted by Crippen LogP contribution is -2.66. The summed E-state index contributed by atoms with van der Waals surface area (Å²) in [7, 11) is 2.84. The van der Waals surface area contributed by atoms with E-state index in [1.54, 1.807) is 20.8 Å². The van der Waals surface area contributed by atoms with Crippen LogP contribution in [-0.2, 0) is 28.5 Å². The molecule has 8 heteroatoms. The zero-order valence-corrected chi connectivity index (χ0v) is 13.9. The van der Waals surface area contributed by atoms with Crippen molar-refractivity contribution in [3.8, 4) is 0 Å². The first kappa shape index (κ1) is 19.3. The molecular formula is C14H26O8. The SMILES string of the molecule is CCOC(=O)C(C)(O)C(O)[C@H]1COC(C)(OC)C(C)(OC)O1. The van der Waals surface area contributed by atoms with Crippen molar-refractivity contribution >= 4 is 5.97 Å². The summed E-state index contributed by atoms with van der Waals surface area (Å²) < 4.78 is 26.7. The van der Waals surface area contributed by atoms with Gasteiger partial charge >= 0.3 is 5.97 Å². The van der Waals surface area contributed by atoms with Gasteiger partial charge in [0.2, 0.25) is 11.6 Å². The van der Waals surface area contributed by atoms with Gasteiger partial charge in [0.05, 0.1) is 13.2 Å². The van der Waals surface area contributed by atoms with Crippen molar-refractivity contribution in [3.63, 3.8) is 0 Å². The fraction of sp³-hybridized carbons (Fsp3) is 0.929. The van der Waals surface area contributed by atoms with E-state index in [1.165, 1.54) is 14.2 Å². The Balaban J connectivity index is 2.93. The molecule has 1 rings (SSSR count). The molecule has 8 nitrogen and oxygen atoms in total. The van der Waals surface area contributed by atoms with E-state index in [0.717, 1.165) is 6.92 Å². The van der Waals surface area contributed by atoms with Crippen LogP contribution in [0.4, 0.5) is 0 Å². The maximum Gasteiger partial charge on any atom is 0.340 e. The van der Waals surface area contributed by atoms with E-state index in [2.05, 4.69) is 0 Å². The lowest BCUT2D eigenvalue weighted by atomic mass is 9.93. The lowest BCUT2D eigenvalue weighted by Gasteiger charge is -2.50. The van der Waals surface area contributed by atoms with Gasteiger partial charge in [0, 0.05) is 14.2 Å². The quantitative estimate of drug-likeness (QED) is 0.648. The predicted molar refractivity (Wildman–Crippen MR) is 74.9 cm³/mol. The molecule has 0 aromatic carbocycles. The number of hydrogen-bond acceptors (Lipinski definition) is 8. The van der Waals surface area contributed by atoms with Crippen LogP contribution >= 0.6 is 0 Å². The Morgan fingerprint density at radius 3 is 2.36 bits per heavy atom. The first-order valence-corrected chi connectivity index (χ1v) is 7.07. The molecule has 2 N–H and O–H groups in total. The fourth-order valence-corrected chi connectivity index (χ4v) is 2.20. The van der Waals surface area contributed by atoms with Gasteiger partial charge in [-0.25, -0.2) is 4.79 Å². The van der Waals surface area contributed by atoms with Crippen molar-refractivity contribution in [2.75, 3.05) is 27.4 Å². The average molecular weight is 322 g/mol. The van der Waals surface area contributed by atoms with Crippen molar-refractivity contribution in [1.29, 1.82) is 0 Å². The third-order valence-corrected chi connectivity index (χ3v) is 4.12. The van der Waals surface area contributed by atoms with Crippen LogP contribution in [0.2, 0.25) is 0 Å². The molecule has 4 unspecified atom stereocenters. The van der Waals surface area contributed by atoms with Crippen molar-refractivity contribution < 1.29 is 38.7 Å². The summed E-state index contributed by atoms with van der Waals surface area (Å²) >= 11 is 0. The molecule has 1 heterocycles. The van der Waals surface area contributed by atoms with Crippen molar-refractivity contribution in [1.82, 2.24) is 0 Å². The first-order chi connectivity index (χ1) is 10.1. The molecule has 1 aliphatic rings. The summed E-state index contributed by atoms with van der Waals surface area (Å²) in [5, 5.41) is 20.6. The first-order valence-electron chi connectivity index (χ1n) is 7.07. The Labute approximate surface area is 130 Å². The summed E-state index contributed by atoms with van der Waals surface area (Å²) in [5.74, 6) is -3.48. The summed E-state index contributed by atoms with van der Waals surface area (Å²) in [4.78, 5) is 11.8. The largest absolute Gasteiger partial charge is 0.464 e. The van der Waals surface area contributed by atoms with Crippen LogP contribution in [0.25, 0.3) is 0 Å². The van der Waals surface area contributed by atoms with Gasteiger partial charge in [-0.15, -0.1) is 0 Å². The predicted octanol–water partition coefficient (Wildman–Crippen LogP) is -0.198.